The van der Waals surface area contributed by atoms with Gasteiger partial charge in [-0.05, 0) is 29.8 Å². The molecule has 0 radical (unpaired) electrons. The number of pyridine rings is 1. The van der Waals surface area contributed by atoms with Gasteiger partial charge in [0, 0.05) is 19.4 Å². The molecule has 21 heavy (non-hydrogen) atoms. The van der Waals surface area contributed by atoms with E-state index in [1.54, 1.807) is 56.8 Å². The minimum absolute atomic E-state index is 0.176. The van der Waals surface area contributed by atoms with Crippen LogP contribution in [-0.4, -0.2) is 41.6 Å². The highest BCUT2D eigenvalue weighted by atomic mass is 16.5. The first-order valence-corrected chi connectivity index (χ1v) is 6.59. The summed E-state index contributed by atoms with van der Waals surface area (Å²) in [5.41, 5.74) is 1.21. The first-order chi connectivity index (χ1) is 10.1. The molecule has 1 amide bonds. The van der Waals surface area contributed by atoms with E-state index in [0.29, 0.717) is 16.9 Å². The zero-order valence-electron chi connectivity index (χ0n) is 12.1. The molecule has 0 fully saturated rings. The summed E-state index contributed by atoms with van der Waals surface area (Å²) in [4.78, 5) is 17.6. The van der Waals surface area contributed by atoms with Crippen LogP contribution in [0.3, 0.4) is 0 Å². The number of aliphatic hydroxyl groups excluding tert-OH is 1. The lowest BCUT2D eigenvalue weighted by Crippen LogP contribution is -2.31. The Bertz CT molecular complexity index is 601. The number of carbonyl (C=O) groups is 1. The van der Waals surface area contributed by atoms with E-state index in [1.165, 1.54) is 11.1 Å². The second-order valence-corrected chi connectivity index (χ2v) is 4.72. The molecule has 0 saturated heterocycles. The molecule has 1 N–H and O–H groups in total. The van der Waals surface area contributed by atoms with Crippen LogP contribution in [0.5, 0.6) is 5.75 Å². The number of methoxy groups -OCH3 is 1. The van der Waals surface area contributed by atoms with Crippen molar-refractivity contribution in [3.63, 3.8) is 0 Å². The number of likely N-dealkylation sites (N-methyl/N-ethyl adjacent to an activating group) is 1. The van der Waals surface area contributed by atoms with Crippen molar-refractivity contribution in [2.75, 3.05) is 20.7 Å². The summed E-state index contributed by atoms with van der Waals surface area (Å²) in [6.07, 6.45) is 2.35. The van der Waals surface area contributed by atoms with Crippen molar-refractivity contribution in [1.82, 2.24) is 9.88 Å². The second-order valence-electron chi connectivity index (χ2n) is 4.72. The predicted octanol–water partition coefficient (Wildman–Crippen LogP) is 1.90. The highest BCUT2D eigenvalue weighted by Gasteiger charge is 2.17. The Hall–Kier alpha value is -2.40. The van der Waals surface area contributed by atoms with Crippen LogP contribution in [0.15, 0.2) is 48.8 Å². The predicted molar refractivity (Wildman–Crippen MR) is 79.2 cm³/mol. The van der Waals surface area contributed by atoms with Gasteiger partial charge in [0.15, 0.2) is 0 Å². The van der Waals surface area contributed by atoms with Crippen LogP contribution in [0.1, 0.15) is 22.0 Å². The number of aromatic nitrogens is 1. The van der Waals surface area contributed by atoms with Crippen molar-refractivity contribution in [3.05, 3.63) is 59.9 Å². The number of ether oxygens (including phenoxy) is 1. The van der Waals surface area contributed by atoms with E-state index in [9.17, 15) is 9.90 Å². The van der Waals surface area contributed by atoms with Crippen LogP contribution < -0.4 is 4.74 Å². The van der Waals surface area contributed by atoms with Gasteiger partial charge in [-0.1, -0.05) is 12.1 Å². The number of benzene rings is 1. The van der Waals surface area contributed by atoms with Crippen molar-refractivity contribution < 1.29 is 14.6 Å². The van der Waals surface area contributed by atoms with E-state index in [1.807, 2.05) is 0 Å². The Balaban J connectivity index is 2.04. The van der Waals surface area contributed by atoms with Crippen molar-refractivity contribution in [2.24, 2.45) is 0 Å². The third-order valence-corrected chi connectivity index (χ3v) is 3.18. The van der Waals surface area contributed by atoms with E-state index in [2.05, 4.69) is 4.98 Å². The van der Waals surface area contributed by atoms with Crippen LogP contribution in [-0.2, 0) is 0 Å². The van der Waals surface area contributed by atoms with Gasteiger partial charge < -0.3 is 14.7 Å². The highest BCUT2D eigenvalue weighted by molar-refractivity contribution is 5.93. The van der Waals surface area contributed by atoms with Gasteiger partial charge in [0.2, 0.25) is 0 Å². The Labute approximate surface area is 123 Å². The molecule has 2 rings (SSSR count). The maximum atomic E-state index is 12.2. The zero-order chi connectivity index (χ0) is 15.2. The van der Waals surface area contributed by atoms with Crippen LogP contribution in [0.2, 0.25) is 0 Å². The highest BCUT2D eigenvalue weighted by Crippen LogP contribution is 2.20. The molecular formula is C16H18N2O3. The Morgan fingerprint density at radius 3 is 2.86 bits per heavy atom. The molecule has 2 aromatic rings. The zero-order valence-corrected chi connectivity index (χ0v) is 12.1. The largest absolute Gasteiger partial charge is 0.497 e. The van der Waals surface area contributed by atoms with E-state index in [4.69, 9.17) is 4.74 Å². The average molecular weight is 286 g/mol. The molecule has 1 unspecified atom stereocenters. The number of hydrogen-bond donors (Lipinski definition) is 1. The number of carbonyl (C=O) groups excluding carboxylic acids is 1. The van der Waals surface area contributed by atoms with E-state index < -0.39 is 6.10 Å². The van der Waals surface area contributed by atoms with Gasteiger partial charge in [-0.3, -0.25) is 9.78 Å². The molecule has 0 aliphatic heterocycles. The maximum absolute atomic E-state index is 12.2. The molecule has 1 atom stereocenters. The molecule has 0 saturated carbocycles. The van der Waals surface area contributed by atoms with Gasteiger partial charge in [-0.25, -0.2) is 0 Å². The van der Waals surface area contributed by atoms with Gasteiger partial charge in [-0.2, -0.15) is 0 Å². The fourth-order valence-corrected chi connectivity index (χ4v) is 2.01. The van der Waals surface area contributed by atoms with Gasteiger partial charge in [0.25, 0.3) is 5.91 Å². The minimum Gasteiger partial charge on any atom is -0.497 e. The third-order valence-electron chi connectivity index (χ3n) is 3.18. The molecule has 1 aromatic heterocycles. The van der Waals surface area contributed by atoms with Crippen molar-refractivity contribution in [3.8, 4) is 5.75 Å². The number of amides is 1. The molecule has 1 aromatic carbocycles. The second kappa shape index (κ2) is 6.85. The Morgan fingerprint density at radius 2 is 2.19 bits per heavy atom. The molecule has 0 aliphatic carbocycles. The quantitative estimate of drug-likeness (QED) is 0.912. The first-order valence-electron chi connectivity index (χ1n) is 6.59. The van der Waals surface area contributed by atoms with Crippen LogP contribution in [0.25, 0.3) is 0 Å². The third kappa shape index (κ3) is 3.79. The molecule has 5 nitrogen and oxygen atoms in total. The molecule has 0 aliphatic rings. The first kappa shape index (κ1) is 15.0. The molecule has 1 heterocycles. The summed E-state index contributed by atoms with van der Waals surface area (Å²) >= 11 is 0. The monoisotopic (exact) mass is 286 g/mol. The van der Waals surface area contributed by atoms with Crippen LogP contribution >= 0.6 is 0 Å². The molecule has 0 bridgehead atoms. The van der Waals surface area contributed by atoms with E-state index >= 15 is 0 Å². The van der Waals surface area contributed by atoms with Gasteiger partial charge >= 0.3 is 0 Å². The van der Waals surface area contributed by atoms with Gasteiger partial charge in [0.05, 0.1) is 25.3 Å². The normalized spacial score (nSPS) is 11.8. The number of aliphatic hydroxyl groups is 1. The number of hydrogen-bond acceptors (Lipinski definition) is 4. The standard InChI is InChI=1S/C16H18N2O3/c1-18(16(20)13-6-4-8-17-10-13)11-15(19)12-5-3-7-14(9-12)21-2/h3-10,15,19H,11H2,1-2H3. The average Bonchev–Trinajstić information content (AvgIpc) is 2.54. The fourth-order valence-electron chi connectivity index (χ4n) is 2.01. The molecule has 0 spiro atoms. The number of rotatable bonds is 5. The van der Waals surface area contributed by atoms with E-state index in [0.717, 1.165) is 0 Å². The number of nitrogens with zero attached hydrogens (tertiary/aromatic N) is 2. The SMILES string of the molecule is COc1cccc(C(O)CN(C)C(=O)c2cccnc2)c1. The smallest absolute Gasteiger partial charge is 0.255 e. The summed E-state index contributed by atoms with van der Waals surface area (Å²) in [5.74, 6) is 0.498. The van der Waals surface area contributed by atoms with Crippen molar-refractivity contribution in [2.45, 2.75) is 6.10 Å². The summed E-state index contributed by atoms with van der Waals surface area (Å²) < 4.78 is 5.13. The topological polar surface area (TPSA) is 62.7 Å². The van der Waals surface area contributed by atoms with Gasteiger partial charge in [-0.15, -0.1) is 0 Å². The van der Waals surface area contributed by atoms with Crippen molar-refractivity contribution >= 4 is 5.91 Å². The molecular weight excluding hydrogens is 268 g/mol. The van der Waals surface area contributed by atoms with E-state index in [-0.39, 0.29) is 12.5 Å². The molecule has 5 heteroatoms. The van der Waals surface area contributed by atoms with Crippen LogP contribution in [0, 0.1) is 0 Å². The maximum Gasteiger partial charge on any atom is 0.255 e. The van der Waals surface area contributed by atoms with Gasteiger partial charge in [0.1, 0.15) is 5.75 Å². The molecule has 110 valence electrons. The lowest BCUT2D eigenvalue weighted by atomic mass is 10.1. The summed E-state index contributed by atoms with van der Waals surface area (Å²) in [6.45, 7) is 0.195. The van der Waals surface area contributed by atoms with Crippen molar-refractivity contribution in [1.29, 1.82) is 0 Å². The lowest BCUT2D eigenvalue weighted by Gasteiger charge is -2.21. The summed E-state index contributed by atoms with van der Waals surface area (Å²) in [5, 5.41) is 10.2. The lowest BCUT2D eigenvalue weighted by molar-refractivity contribution is 0.0680. The summed E-state index contributed by atoms with van der Waals surface area (Å²) in [7, 11) is 3.22. The Kier molecular flexibility index (Phi) is 4.90. The summed E-state index contributed by atoms with van der Waals surface area (Å²) in [6, 6.07) is 10.6. The fraction of sp³-hybridized carbons (Fsp3) is 0.250. The van der Waals surface area contributed by atoms with Crippen LogP contribution in [0.4, 0.5) is 0 Å². The minimum atomic E-state index is -0.772. The Morgan fingerprint density at radius 1 is 1.38 bits per heavy atom.